The first kappa shape index (κ1) is 21.8. The van der Waals surface area contributed by atoms with Gasteiger partial charge < -0.3 is 10.1 Å². The van der Waals surface area contributed by atoms with Gasteiger partial charge in [0.1, 0.15) is 16.8 Å². The molecule has 1 aliphatic carbocycles. The molecule has 8 nitrogen and oxygen atoms in total. The highest BCUT2D eigenvalue weighted by molar-refractivity contribution is 5.91. The summed E-state index contributed by atoms with van der Waals surface area (Å²) < 4.78 is 9.84. The number of nitrogens with zero attached hydrogens (tertiary/aromatic N) is 3. The van der Waals surface area contributed by atoms with Crippen LogP contribution in [-0.2, 0) is 7.05 Å². The number of nitrogens with one attached hydrogen (secondary N) is 1. The van der Waals surface area contributed by atoms with Gasteiger partial charge >= 0.3 is 5.69 Å². The van der Waals surface area contributed by atoms with Crippen LogP contribution in [-0.4, -0.2) is 19.8 Å². The average Bonchev–Trinajstić information content (AvgIpc) is 3.64. The lowest BCUT2D eigenvalue weighted by atomic mass is 10.2. The number of para-hydroxylation sites is 1. The number of aromatic nitrogens is 3. The quantitative estimate of drug-likeness (QED) is 0.476. The lowest BCUT2D eigenvalue weighted by molar-refractivity contribution is 0.242. The van der Waals surface area contributed by atoms with Gasteiger partial charge in [0, 0.05) is 24.8 Å². The highest BCUT2D eigenvalue weighted by Crippen LogP contribution is 2.33. The van der Waals surface area contributed by atoms with Crippen LogP contribution in [0, 0.1) is 0 Å². The third-order valence-corrected chi connectivity index (χ3v) is 5.88. The zero-order valence-corrected chi connectivity index (χ0v) is 19.3. The van der Waals surface area contributed by atoms with Gasteiger partial charge in [0.25, 0.3) is 11.1 Å². The Balaban J connectivity index is 1.76. The number of pyridine rings is 1. The SMILES string of the molecule is CC(C)Oc1ccc(Nc2cc(=O)n(C)c3c2c(=O)n(C2CC2)c(=O)n3-c2ccccc2)cc1. The first-order valence-electron chi connectivity index (χ1n) is 11.4. The van der Waals surface area contributed by atoms with Crippen molar-refractivity contribution in [3.63, 3.8) is 0 Å². The van der Waals surface area contributed by atoms with E-state index in [4.69, 9.17) is 4.74 Å². The third-order valence-electron chi connectivity index (χ3n) is 5.88. The van der Waals surface area contributed by atoms with Crippen LogP contribution < -0.4 is 26.9 Å². The maximum atomic E-state index is 13.6. The van der Waals surface area contributed by atoms with Crippen LogP contribution in [0.2, 0.25) is 0 Å². The molecule has 2 aromatic heterocycles. The molecule has 1 saturated carbocycles. The number of fused-ring (bicyclic) bond motifs is 1. The monoisotopic (exact) mass is 458 g/mol. The lowest BCUT2D eigenvalue weighted by Gasteiger charge is -2.19. The van der Waals surface area contributed by atoms with Crippen LogP contribution in [0.4, 0.5) is 11.4 Å². The number of hydrogen-bond donors (Lipinski definition) is 1. The number of anilines is 2. The molecule has 1 aliphatic rings. The van der Waals surface area contributed by atoms with Crippen LogP contribution in [0.25, 0.3) is 16.7 Å². The van der Waals surface area contributed by atoms with Crippen molar-refractivity contribution in [1.29, 1.82) is 0 Å². The summed E-state index contributed by atoms with van der Waals surface area (Å²) in [6.45, 7) is 3.91. The van der Waals surface area contributed by atoms with Gasteiger partial charge in [0.15, 0.2) is 0 Å². The zero-order valence-electron chi connectivity index (χ0n) is 19.3. The molecule has 0 radical (unpaired) electrons. The van der Waals surface area contributed by atoms with Crippen molar-refractivity contribution >= 4 is 22.4 Å². The Hall–Kier alpha value is -4.07. The van der Waals surface area contributed by atoms with Gasteiger partial charge in [-0.15, -0.1) is 0 Å². The van der Waals surface area contributed by atoms with Gasteiger partial charge in [-0.2, -0.15) is 0 Å². The van der Waals surface area contributed by atoms with Crippen LogP contribution in [0.3, 0.4) is 0 Å². The molecular weight excluding hydrogens is 432 g/mol. The van der Waals surface area contributed by atoms with E-state index in [0.717, 1.165) is 18.6 Å². The van der Waals surface area contributed by atoms with Crippen molar-refractivity contribution in [3.8, 4) is 11.4 Å². The Morgan fingerprint density at radius 3 is 2.26 bits per heavy atom. The van der Waals surface area contributed by atoms with Crippen LogP contribution >= 0.6 is 0 Å². The summed E-state index contributed by atoms with van der Waals surface area (Å²) in [4.78, 5) is 40.1. The fourth-order valence-corrected chi connectivity index (χ4v) is 4.17. The van der Waals surface area contributed by atoms with Gasteiger partial charge in [-0.05, 0) is 63.1 Å². The number of benzene rings is 2. The van der Waals surface area contributed by atoms with Crippen molar-refractivity contribution < 1.29 is 4.74 Å². The summed E-state index contributed by atoms with van der Waals surface area (Å²) >= 11 is 0. The molecule has 1 N–H and O–H groups in total. The molecule has 1 fully saturated rings. The smallest absolute Gasteiger partial charge is 0.337 e. The summed E-state index contributed by atoms with van der Waals surface area (Å²) in [5.41, 5.74) is 0.741. The average molecular weight is 459 g/mol. The molecule has 8 heteroatoms. The van der Waals surface area contributed by atoms with Gasteiger partial charge in [0.2, 0.25) is 0 Å². The number of hydrogen-bond acceptors (Lipinski definition) is 5. The Labute approximate surface area is 195 Å². The van der Waals surface area contributed by atoms with Gasteiger partial charge in [0.05, 0.1) is 17.5 Å². The van der Waals surface area contributed by atoms with Crippen molar-refractivity contribution in [2.45, 2.75) is 38.8 Å². The van der Waals surface area contributed by atoms with E-state index in [-0.39, 0.29) is 23.4 Å². The zero-order chi connectivity index (χ0) is 24.0. The molecule has 0 unspecified atom stereocenters. The highest BCUT2D eigenvalue weighted by atomic mass is 16.5. The van der Waals surface area contributed by atoms with Crippen LogP contribution in [0.1, 0.15) is 32.7 Å². The second-order valence-corrected chi connectivity index (χ2v) is 8.83. The number of ether oxygens (including phenoxy) is 1. The van der Waals surface area contributed by atoms with E-state index >= 15 is 0 Å². The molecule has 0 saturated heterocycles. The molecule has 0 aliphatic heterocycles. The largest absolute Gasteiger partial charge is 0.491 e. The molecule has 2 aromatic carbocycles. The van der Waals surface area contributed by atoms with E-state index in [1.165, 1.54) is 19.8 Å². The summed E-state index contributed by atoms with van der Waals surface area (Å²) in [6.07, 6.45) is 1.61. The topological polar surface area (TPSA) is 87.3 Å². The molecule has 0 spiro atoms. The van der Waals surface area contributed by atoms with Gasteiger partial charge in [-0.25, -0.2) is 9.36 Å². The first-order chi connectivity index (χ1) is 16.3. The Kier molecular flexibility index (Phi) is 5.36. The normalized spacial score (nSPS) is 13.4. The molecule has 0 atom stereocenters. The molecule has 34 heavy (non-hydrogen) atoms. The summed E-state index contributed by atoms with van der Waals surface area (Å²) in [6, 6.07) is 17.7. The van der Waals surface area contributed by atoms with Crippen molar-refractivity contribution in [2.75, 3.05) is 5.32 Å². The summed E-state index contributed by atoms with van der Waals surface area (Å²) in [5.74, 6) is 0.725. The molecule has 5 rings (SSSR count). The van der Waals surface area contributed by atoms with E-state index in [1.807, 2.05) is 56.3 Å². The van der Waals surface area contributed by atoms with E-state index in [2.05, 4.69) is 5.32 Å². The molecule has 174 valence electrons. The van der Waals surface area contributed by atoms with Crippen molar-refractivity contribution in [2.24, 2.45) is 7.05 Å². The summed E-state index contributed by atoms with van der Waals surface area (Å²) in [7, 11) is 1.58. The minimum Gasteiger partial charge on any atom is -0.491 e. The van der Waals surface area contributed by atoms with E-state index in [9.17, 15) is 14.4 Å². The van der Waals surface area contributed by atoms with E-state index in [0.29, 0.717) is 22.4 Å². The van der Waals surface area contributed by atoms with E-state index in [1.54, 1.807) is 19.2 Å². The maximum absolute atomic E-state index is 13.6. The maximum Gasteiger partial charge on any atom is 0.337 e. The molecule has 0 amide bonds. The molecule has 2 heterocycles. The third kappa shape index (κ3) is 3.81. The fourth-order valence-electron chi connectivity index (χ4n) is 4.17. The summed E-state index contributed by atoms with van der Waals surface area (Å²) in [5, 5.41) is 3.52. The first-order valence-corrected chi connectivity index (χ1v) is 11.4. The van der Waals surface area contributed by atoms with Crippen LogP contribution in [0.15, 0.2) is 75.0 Å². The minimum absolute atomic E-state index is 0.0514. The second-order valence-electron chi connectivity index (χ2n) is 8.83. The van der Waals surface area contributed by atoms with Gasteiger partial charge in [-0.1, -0.05) is 18.2 Å². The van der Waals surface area contributed by atoms with Crippen molar-refractivity contribution in [3.05, 3.63) is 91.9 Å². The standard InChI is InChI=1S/C26H26N4O4/c1-16(2)34-20-13-9-17(10-14-20)27-21-15-22(31)28(3)24-23(21)25(32)30(19-11-12-19)26(33)29(24)18-7-5-4-6-8-18/h4-10,13-16,19,27H,11-12H2,1-3H3. The second kappa shape index (κ2) is 8.37. The lowest BCUT2D eigenvalue weighted by Crippen LogP contribution is -2.41. The van der Waals surface area contributed by atoms with E-state index < -0.39 is 11.2 Å². The predicted molar refractivity (Wildman–Crippen MR) is 133 cm³/mol. The fraction of sp³-hybridized carbons (Fsp3) is 0.269. The Morgan fingerprint density at radius 1 is 0.971 bits per heavy atom. The molecular formula is C26H26N4O4. The minimum atomic E-state index is -0.437. The Bertz CT molecular complexity index is 1540. The Morgan fingerprint density at radius 2 is 1.65 bits per heavy atom. The number of rotatable bonds is 6. The van der Waals surface area contributed by atoms with Gasteiger partial charge in [-0.3, -0.25) is 18.7 Å². The number of aryl methyl sites for hydroxylation is 1. The molecule has 0 bridgehead atoms. The van der Waals surface area contributed by atoms with Crippen molar-refractivity contribution in [1.82, 2.24) is 13.7 Å². The van der Waals surface area contributed by atoms with Crippen LogP contribution in [0.5, 0.6) is 5.75 Å². The predicted octanol–water partition coefficient (Wildman–Crippen LogP) is 3.72. The molecule has 4 aromatic rings. The highest BCUT2D eigenvalue weighted by Gasteiger charge is 2.30.